The van der Waals surface area contributed by atoms with Crippen LogP contribution < -0.4 is 0 Å². The number of halogens is 2. The van der Waals surface area contributed by atoms with Crippen molar-refractivity contribution in [2.45, 2.75) is 26.2 Å². The number of hydrogen-bond donors (Lipinski definition) is 0. The van der Waals surface area contributed by atoms with Gasteiger partial charge in [-0.15, -0.1) is 0 Å². The molecule has 0 saturated carbocycles. The second-order valence-electron chi connectivity index (χ2n) is 3.34. The van der Waals surface area contributed by atoms with E-state index in [-0.39, 0.29) is 10.7 Å². The molecule has 11 heavy (non-hydrogen) atoms. The Hall–Kier alpha value is 0.0400. The Kier molecular flexibility index (Phi) is 2.35. The molecule has 0 aliphatic carbocycles. The molecule has 0 amide bonds. The van der Waals surface area contributed by atoms with E-state index in [4.69, 9.17) is 0 Å². The van der Waals surface area contributed by atoms with Crippen LogP contribution in [0.4, 0.5) is 4.39 Å². The highest BCUT2D eigenvalue weighted by Crippen LogP contribution is 2.33. The average molecular weight is 238 g/mol. The zero-order valence-electron chi connectivity index (χ0n) is 6.61. The lowest BCUT2D eigenvalue weighted by Crippen LogP contribution is -2.09. The topological polar surface area (TPSA) is 12.9 Å². The lowest BCUT2D eigenvalue weighted by atomic mass is 9.96. The van der Waals surface area contributed by atoms with Crippen LogP contribution in [-0.4, -0.2) is 4.98 Å². The standard InChI is InChI=1S/C7H9BrFNS/c1-7(2,3)4-5(8)10-6(9)11-4/h1-3H3. The maximum absolute atomic E-state index is 12.6. The first-order valence-electron chi connectivity index (χ1n) is 3.23. The van der Waals surface area contributed by atoms with E-state index in [1.807, 2.05) is 20.8 Å². The van der Waals surface area contributed by atoms with Crippen LogP contribution in [0.1, 0.15) is 25.6 Å². The van der Waals surface area contributed by atoms with E-state index in [0.29, 0.717) is 4.60 Å². The molecule has 0 spiro atoms. The van der Waals surface area contributed by atoms with Gasteiger partial charge < -0.3 is 0 Å². The summed E-state index contributed by atoms with van der Waals surface area (Å²) >= 11 is 4.31. The van der Waals surface area contributed by atoms with Gasteiger partial charge >= 0.3 is 0 Å². The van der Waals surface area contributed by atoms with E-state index in [0.717, 1.165) is 16.2 Å². The van der Waals surface area contributed by atoms with E-state index >= 15 is 0 Å². The number of nitrogens with zero attached hydrogens (tertiary/aromatic N) is 1. The Morgan fingerprint density at radius 3 is 2.18 bits per heavy atom. The molecule has 0 radical (unpaired) electrons. The van der Waals surface area contributed by atoms with Gasteiger partial charge in [0, 0.05) is 4.88 Å². The molecule has 0 aliphatic heterocycles. The summed E-state index contributed by atoms with van der Waals surface area (Å²) in [6.07, 6.45) is 0. The molecule has 0 unspecified atom stereocenters. The van der Waals surface area contributed by atoms with Gasteiger partial charge in [-0.25, -0.2) is 4.98 Å². The van der Waals surface area contributed by atoms with Crippen molar-refractivity contribution < 1.29 is 4.39 Å². The maximum atomic E-state index is 12.6. The van der Waals surface area contributed by atoms with Crippen molar-refractivity contribution in [3.05, 3.63) is 14.7 Å². The molecule has 0 aliphatic rings. The molecular formula is C7H9BrFNS. The number of thiazole rings is 1. The Morgan fingerprint density at radius 1 is 1.45 bits per heavy atom. The molecule has 62 valence electrons. The Balaban J connectivity index is 3.13. The number of hydrogen-bond acceptors (Lipinski definition) is 2. The van der Waals surface area contributed by atoms with Crippen LogP contribution in [0.5, 0.6) is 0 Å². The quantitative estimate of drug-likeness (QED) is 0.675. The van der Waals surface area contributed by atoms with Crippen molar-refractivity contribution in [1.29, 1.82) is 0 Å². The lowest BCUT2D eigenvalue weighted by Gasteiger charge is -2.15. The van der Waals surface area contributed by atoms with Crippen LogP contribution in [0.3, 0.4) is 0 Å². The highest BCUT2D eigenvalue weighted by Gasteiger charge is 2.21. The van der Waals surface area contributed by atoms with E-state index in [1.165, 1.54) is 0 Å². The van der Waals surface area contributed by atoms with E-state index in [2.05, 4.69) is 20.9 Å². The van der Waals surface area contributed by atoms with Crippen LogP contribution in [0, 0.1) is 5.26 Å². The molecule has 0 saturated heterocycles. The molecule has 0 fully saturated rings. The third-order valence-corrected chi connectivity index (χ3v) is 3.35. The number of aromatic nitrogens is 1. The molecule has 0 aromatic carbocycles. The van der Waals surface area contributed by atoms with E-state index in [9.17, 15) is 4.39 Å². The monoisotopic (exact) mass is 237 g/mol. The summed E-state index contributed by atoms with van der Waals surface area (Å²) in [6, 6.07) is 0. The molecule has 0 atom stereocenters. The normalized spacial score (nSPS) is 12.1. The Labute approximate surface area is 77.8 Å². The highest BCUT2D eigenvalue weighted by molar-refractivity contribution is 9.10. The first-order chi connectivity index (χ1) is 4.91. The van der Waals surface area contributed by atoms with Crippen molar-refractivity contribution in [3.63, 3.8) is 0 Å². The molecule has 4 heteroatoms. The van der Waals surface area contributed by atoms with Gasteiger partial charge in [0.2, 0.25) is 0 Å². The zero-order chi connectivity index (χ0) is 8.65. The second kappa shape index (κ2) is 2.83. The second-order valence-corrected chi connectivity index (χ2v) is 5.04. The summed E-state index contributed by atoms with van der Waals surface area (Å²) < 4.78 is 13.2. The molecular weight excluding hydrogens is 229 g/mol. The van der Waals surface area contributed by atoms with E-state index < -0.39 is 0 Å². The van der Waals surface area contributed by atoms with Crippen molar-refractivity contribution in [2.75, 3.05) is 0 Å². The summed E-state index contributed by atoms with van der Waals surface area (Å²) in [5.41, 5.74) is -0.0269. The van der Waals surface area contributed by atoms with Crippen molar-refractivity contribution in [2.24, 2.45) is 0 Å². The summed E-state index contributed by atoms with van der Waals surface area (Å²) in [5, 5.41) is -0.373. The van der Waals surface area contributed by atoms with Crippen molar-refractivity contribution in [1.82, 2.24) is 4.98 Å². The minimum Gasteiger partial charge on any atom is -0.202 e. The minimum atomic E-state index is -0.373. The fourth-order valence-electron chi connectivity index (χ4n) is 0.740. The summed E-state index contributed by atoms with van der Waals surface area (Å²) in [5.74, 6) is 0. The van der Waals surface area contributed by atoms with Gasteiger partial charge in [0.05, 0.1) is 0 Å². The number of rotatable bonds is 0. The molecule has 1 nitrogen and oxygen atoms in total. The van der Waals surface area contributed by atoms with Crippen LogP contribution in [-0.2, 0) is 5.41 Å². The van der Waals surface area contributed by atoms with Gasteiger partial charge in [-0.2, -0.15) is 4.39 Å². The van der Waals surface area contributed by atoms with Gasteiger partial charge in [-0.05, 0) is 21.3 Å². The molecule has 1 heterocycles. The minimum absolute atomic E-state index is 0.0269. The van der Waals surface area contributed by atoms with Crippen LogP contribution in [0.15, 0.2) is 4.60 Å². The fourth-order valence-corrected chi connectivity index (χ4v) is 2.59. The molecule has 1 rings (SSSR count). The zero-order valence-corrected chi connectivity index (χ0v) is 9.01. The summed E-state index contributed by atoms with van der Waals surface area (Å²) in [6.45, 7) is 6.10. The van der Waals surface area contributed by atoms with Crippen LogP contribution >= 0.6 is 27.3 Å². The molecule has 1 aromatic heterocycles. The maximum Gasteiger partial charge on any atom is 0.270 e. The first kappa shape index (κ1) is 9.13. The molecule has 1 aromatic rings. The molecule has 0 bridgehead atoms. The van der Waals surface area contributed by atoms with Crippen LogP contribution in [0.2, 0.25) is 0 Å². The Morgan fingerprint density at radius 2 is 2.00 bits per heavy atom. The lowest BCUT2D eigenvalue weighted by molar-refractivity contribution is 0.597. The Bertz CT molecular complexity index is 264. The fraction of sp³-hybridized carbons (Fsp3) is 0.571. The van der Waals surface area contributed by atoms with E-state index in [1.54, 1.807) is 0 Å². The summed E-state index contributed by atoms with van der Waals surface area (Å²) in [7, 11) is 0. The van der Waals surface area contributed by atoms with Gasteiger partial charge in [0.25, 0.3) is 5.26 Å². The highest BCUT2D eigenvalue weighted by atomic mass is 79.9. The molecule has 0 N–H and O–H groups in total. The average Bonchev–Trinajstić information content (AvgIpc) is 2.08. The first-order valence-corrected chi connectivity index (χ1v) is 4.84. The van der Waals surface area contributed by atoms with Gasteiger partial charge in [-0.3, -0.25) is 0 Å². The van der Waals surface area contributed by atoms with Gasteiger partial charge in [-0.1, -0.05) is 32.1 Å². The third-order valence-electron chi connectivity index (χ3n) is 1.24. The predicted molar refractivity (Wildman–Crippen MR) is 48.5 cm³/mol. The van der Waals surface area contributed by atoms with Crippen molar-refractivity contribution >= 4 is 27.3 Å². The SMILES string of the molecule is CC(C)(C)c1sc(F)nc1Br. The summed E-state index contributed by atoms with van der Waals surface area (Å²) in [4.78, 5) is 4.60. The third kappa shape index (κ3) is 1.99. The smallest absolute Gasteiger partial charge is 0.202 e. The van der Waals surface area contributed by atoms with Gasteiger partial charge in [0.1, 0.15) is 4.60 Å². The van der Waals surface area contributed by atoms with Gasteiger partial charge in [0.15, 0.2) is 0 Å². The largest absolute Gasteiger partial charge is 0.270 e. The predicted octanol–water partition coefficient (Wildman–Crippen LogP) is 3.34. The van der Waals surface area contributed by atoms with Crippen LogP contribution in [0.25, 0.3) is 0 Å². The van der Waals surface area contributed by atoms with Crippen molar-refractivity contribution in [3.8, 4) is 0 Å².